The number of hydrogen-bond donors (Lipinski definition) is 1. The van der Waals surface area contributed by atoms with Gasteiger partial charge in [0.1, 0.15) is 0 Å². The summed E-state index contributed by atoms with van der Waals surface area (Å²) in [6.07, 6.45) is 0.503. The van der Waals surface area contributed by atoms with Gasteiger partial charge in [-0.15, -0.1) is 11.3 Å². The maximum absolute atomic E-state index is 12.4. The van der Waals surface area contributed by atoms with Crippen molar-refractivity contribution in [3.05, 3.63) is 40.9 Å². The van der Waals surface area contributed by atoms with Crippen LogP contribution in [0.5, 0.6) is 0 Å². The summed E-state index contributed by atoms with van der Waals surface area (Å²) in [5, 5.41) is 10.6. The summed E-state index contributed by atoms with van der Waals surface area (Å²) >= 11 is 1.61. The monoisotopic (exact) mass is 318 g/mol. The summed E-state index contributed by atoms with van der Waals surface area (Å²) in [6, 6.07) is 7.59. The molecule has 1 amide bonds. The summed E-state index contributed by atoms with van der Waals surface area (Å²) in [7, 11) is 1.68. The lowest BCUT2D eigenvalue weighted by Crippen LogP contribution is -2.29. The third-order valence-corrected chi connectivity index (χ3v) is 4.21. The fourth-order valence-corrected chi connectivity index (χ4v) is 2.82. The topological polar surface area (TPSA) is 70.5 Å². The Morgan fingerprint density at radius 3 is 2.68 bits per heavy atom. The average molecular weight is 318 g/mol. The number of carboxylic acids is 1. The second-order valence-corrected chi connectivity index (χ2v) is 5.98. The van der Waals surface area contributed by atoms with Gasteiger partial charge in [-0.1, -0.05) is 6.07 Å². The van der Waals surface area contributed by atoms with Crippen molar-refractivity contribution in [2.45, 2.75) is 19.8 Å². The lowest BCUT2D eigenvalue weighted by atomic mass is 10.1. The number of aryl methyl sites for hydroxylation is 1. The first-order valence-electron chi connectivity index (χ1n) is 6.98. The van der Waals surface area contributed by atoms with Gasteiger partial charge in [-0.2, -0.15) is 0 Å². The van der Waals surface area contributed by atoms with E-state index in [1.165, 1.54) is 4.90 Å². The maximum Gasteiger partial charge on any atom is 0.303 e. The summed E-state index contributed by atoms with van der Waals surface area (Å²) < 4.78 is 0. The van der Waals surface area contributed by atoms with Crippen LogP contribution in [0.25, 0.3) is 10.6 Å². The van der Waals surface area contributed by atoms with E-state index >= 15 is 0 Å². The van der Waals surface area contributed by atoms with E-state index in [-0.39, 0.29) is 12.3 Å². The lowest BCUT2D eigenvalue weighted by Gasteiger charge is -2.17. The van der Waals surface area contributed by atoms with Gasteiger partial charge >= 0.3 is 5.97 Å². The highest BCUT2D eigenvalue weighted by molar-refractivity contribution is 7.13. The van der Waals surface area contributed by atoms with E-state index in [1.807, 2.05) is 30.5 Å². The first-order valence-corrected chi connectivity index (χ1v) is 7.86. The molecule has 0 unspecified atom stereocenters. The Labute approximate surface area is 133 Å². The number of carbonyl (C=O) groups excluding carboxylic acids is 1. The number of thiophene rings is 1. The zero-order valence-electron chi connectivity index (χ0n) is 12.6. The average Bonchev–Trinajstić information content (AvgIpc) is 3.00. The van der Waals surface area contributed by atoms with Crippen LogP contribution in [0.2, 0.25) is 0 Å². The maximum atomic E-state index is 12.4. The predicted octanol–water partition coefficient (Wildman–Crippen LogP) is 3.06. The standard InChI is InChI=1S/C16H18N2O3S/c1-11-12(16(21)18(2)9-3-6-15(19)20)7-8-13(17-11)14-5-4-10-22-14/h4-5,7-8,10H,3,6,9H2,1-2H3,(H,19,20). The molecule has 22 heavy (non-hydrogen) atoms. The second-order valence-electron chi connectivity index (χ2n) is 5.03. The van der Waals surface area contributed by atoms with E-state index in [9.17, 15) is 9.59 Å². The van der Waals surface area contributed by atoms with Crippen LogP contribution in [-0.2, 0) is 4.79 Å². The zero-order valence-corrected chi connectivity index (χ0v) is 13.4. The van der Waals surface area contributed by atoms with Gasteiger partial charge in [0, 0.05) is 20.0 Å². The molecule has 0 aliphatic rings. The van der Waals surface area contributed by atoms with Crippen molar-refractivity contribution in [1.82, 2.24) is 9.88 Å². The molecule has 0 aromatic carbocycles. The van der Waals surface area contributed by atoms with Crippen molar-refractivity contribution in [3.8, 4) is 10.6 Å². The minimum atomic E-state index is -0.848. The molecule has 0 saturated heterocycles. The molecule has 0 fully saturated rings. The predicted molar refractivity (Wildman–Crippen MR) is 86.1 cm³/mol. The number of carbonyl (C=O) groups is 2. The molecule has 2 heterocycles. The van der Waals surface area contributed by atoms with Crippen LogP contribution in [-0.4, -0.2) is 40.5 Å². The van der Waals surface area contributed by atoms with Crippen molar-refractivity contribution in [2.24, 2.45) is 0 Å². The molecule has 0 radical (unpaired) electrons. The molecule has 0 aliphatic heterocycles. The summed E-state index contributed by atoms with van der Waals surface area (Å²) in [5.74, 6) is -0.980. The van der Waals surface area contributed by atoms with Crippen molar-refractivity contribution >= 4 is 23.2 Å². The quantitative estimate of drug-likeness (QED) is 0.888. The molecule has 2 aromatic rings. The van der Waals surface area contributed by atoms with Gasteiger partial charge in [-0.3, -0.25) is 14.6 Å². The zero-order chi connectivity index (χ0) is 16.1. The first-order chi connectivity index (χ1) is 10.5. The molecule has 2 aromatic heterocycles. The Hall–Kier alpha value is -2.21. The van der Waals surface area contributed by atoms with Gasteiger partial charge in [0.15, 0.2) is 0 Å². The van der Waals surface area contributed by atoms with Crippen LogP contribution < -0.4 is 0 Å². The second kappa shape index (κ2) is 7.17. The molecule has 0 saturated carbocycles. The van der Waals surface area contributed by atoms with Crippen molar-refractivity contribution in [2.75, 3.05) is 13.6 Å². The van der Waals surface area contributed by atoms with E-state index in [2.05, 4.69) is 4.98 Å². The van der Waals surface area contributed by atoms with Gasteiger partial charge in [-0.25, -0.2) is 0 Å². The van der Waals surface area contributed by atoms with Crippen molar-refractivity contribution in [1.29, 1.82) is 0 Å². The SMILES string of the molecule is Cc1nc(-c2cccs2)ccc1C(=O)N(C)CCCC(=O)O. The highest BCUT2D eigenvalue weighted by Gasteiger charge is 2.16. The molecular weight excluding hydrogens is 300 g/mol. The van der Waals surface area contributed by atoms with Gasteiger partial charge in [-0.05, 0) is 36.9 Å². The number of pyridine rings is 1. The van der Waals surface area contributed by atoms with Crippen LogP contribution >= 0.6 is 11.3 Å². The van der Waals surface area contributed by atoms with Crippen LogP contribution in [0, 0.1) is 6.92 Å². The van der Waals surface area contributed by atoms with Crippen molar-refractivity contribution in [3.63, 3.8) is 0 Å². The molecule has 0 aliphatic carbocycles. The van der Waals surface area contributed by atoms with Gasteiger partial charge in [0.25, 0.3) is 5.91 Å². The lowest BCUT2D eigenvalue weighted by molar-refractivity contribution is -0.137. The van der Waals surface area contributed by atoms with E-state index in [0.717, 1.165) is 10.6 Å². The van der Waals surface area contributed by atoms with E-state index in [0.29, 0.717) is 24.2 Å². The first kappa shape index (κ1) is 16.2. The number of carboxylic acid groups (broad SMARTS) is 1. The van der Waals surface area contributed by atoms with Crippen LogP contribution in [0.3, 0.4) is 0 Å². The molecule has 0 spiro atoms. The summed E-state index contributed by atoms with van der Waals surface area (Å²) in [4.78, 5) is 30.0. The van der Waals surface area contributed by atoms with Gasteiger partial charge in [0.05, 0.1) is 21.8 Å². The van der Waals surface area contributed by atoms with Crippen LogP contribution in [0.4, 0.5) is 0 Å². The Morgan fingerprint density at radius 1 is 1.32 bits per heavy atom. The van der Waals surface area contributed by atoms with Crippen molar-refractivity contribution < 1.29 is 14.7 Å². The Bertz CT molecular complexity index is 668. The Balaban J connectivity index is 2.08. The number of aromatic nitrogens is 1. The number of nitrogens with zero attached hydrogens (tertiary/aromatic N) is 2. The minimum absolute atomic E-state index is 0.0617. The van der Waals surface area contributed by atoms with Crippen LogP contribution in [0.1, 0.15) is 28.9 Å². The molecule has 5 nitrogen and oxygen atoms in total. The molecule has 6 heteroatoms. The highest BCUT2D eigenvalue weighted by Crippen LogP contribution is 2.24. The van der Waals surface area contributed by atoms with E-state index < -0.39 is 5.97 Å². The summed E-state index contributed by atoms with van der Waals surface area (Å²) in [6.45, 7) is 2.23. The largest absolute Gasteiger partial charge is 0.481 e. The summed E-state index contributed by atoms with van der Waals surface area (Å²) in [5.41, 5.74) is 2.09. The van der Waals surface area contributed by atoms with E-state index in [1.54, 1.807) is 24.5 Å². The Morgan fingerprint density at radius 2 is 2.09 bits per heavy atom. The number of aliphatic carboxylic acids is 1. The number of hydrogen-bond acceptors (Lipinski definition) is 4. The van der Waals surface area contributed by atoms with Gasteiger partial charge < -0.3 is 10.0 Å². The third kappa shape index (κ3) is 3.92. The molecule has 2 rings (SSSR count). The fourth-order valence-electron chi connectivity index (χ4n) is 2.12. The Kier molecular flexibility index (Phi) is 5.27. The minimum Gasteiger partial charge on any atom is -0.481 e. The fraction of sp³-hybridized carbons (Fsp3) is 0.312. The third-order valence-electron chi connectivity index (χ3n) is 3.32. The smallest absolute Gasteiger partial charge is 0.303 e. The number of rotatable bonds is 6. The molecule has 0 bridgehead atoms. The van der Waals surface area contributed by atoms with Gasteiger partial charge in [0.2, 0.25) is 0 Å². The molecule has 1 N–H and O–H groups in total. The van der Waals surface area contributed by atoms with E-state index in [4.69, 9.17) is 5.11 Å². The molecule has 0 atom stereocenters. The normalized spacial score (nSPS) is 10.5. The molecule has 116 valence electrons. The molecular formula is C16H18N2O3S. The highest BCUT2D eigenvalue weighted by atomic mass is 32.1. The van der Waals surface area contributed by atoms with Crippen LogP contribution in [0.15, 0.2) is 29.6 Å². The number of amides is 1.